The first-order valence-corrected chi connectivity index (χ1v) is 6.35. The van der Waals surface area contributed by atoms with Crippen LogP contribution in [0, 0.1) is 0 Å². The van der Waals surface area contributed by atoms with Crippen LogP contribution in [0.15, 0.2) is 42.7 Å². The predicted molar refractivity (Wildman–Crippen MR) is 74.1 cm³/mol. The summed E-state index contributed by atoms with van der Waals surface area (Å²) in [6, 6.07) is 9.20. The standard InChI is InChI=1S/C13H9N3O2S/c17-12(18)8-5-6-14-7-10(8)16-13-15-9-3-1-2-4-11(9)19-13/h1-7H,(H,15,16)(H,17,18). The lowest BCUT2D eigenvalue weighted by molar-refractivity contribution is 0.0698. The number of thiazole rings is 1. The Kier molecular flexibility index (Phi) is 2.85. The highest BCUT2D eigenvalue weighted by molar-refractivity contribution is 7.22. The zero-order valence-electron chi connectivity index (χ0n) is 9.70. The van der Waals surface area contributed by atoms with E-state index in [-0.39, 0.29) is 5.56 Å². The number of benzene rings is 1. The van der Waals surface area contributed by atoms with E-state index in [1.165, 1.54) is 29.8 Å². The molecule has 0 bridgehead atoms. The molecule has 0 spiro atoms. The number of aromatic carboxylic acids is 1. The van der Waals surface area contributed by atoms with Gasteiger partial charge in [-0.25, -0.2) is 9.78 Å². The fourth-order valence-corrected chi connectivity index (χ4v) is 2.60. The third kappa shape index (κ3) is 2.25. The highest BCUT2D eigenvalue weighted by Gasteiger charge is 2.11. The van der Waals surface area contributed by atoms with Crippen molar-refractivity contribution in [3.8, 4) is 0 Å². The molecule has 3 aromatic rings. The van der Waals surface area contributed by atoms with Crippen molar-refractivity contribution in [2.24, 2.45) is 0 Å². The van der Waals surface area contributed by atoms with Crippen LogP contribution in [0.1, 0.15) is 10.4 Å². The van der Waals surface area contributed by atoms with Gasteiger partial charge in [-0.15, -0.1) is 0 Å². The lowest BCUT2D eigenvalue weighted by atomic mass is 10.2. The second kappa shape index (κ2) is 4.66. The minimum absolute atomic E-state index is 0.175. The molecule has 1 aromatic carbocycles. The van der Waals surface area contributed by atoms with Gasteiger partial charge in [-0.1, -0.05) is 23.5 Å². The third-order valence-electron chi connectivity index (χ3n) is 2.59. The summed E-state index contributed by atoms with van der Waals surface area (Å²) in [4.78, 5) is 19.4. The molecule has 0 aliphatic rings. The van der Waals surface area contributed by atoms with Gasteiger partial charge in [0.1, 0.15) is 0 Å². The van der Waals surface area contributed by atoms with Gasteiger partial charge in [0.25, 0.3) is 0 Å². The van der Waals surface area contributed by atoms with Gasteiger partial charge in [-0.05, 0) is 18.2 Å². The number of nitrogens with one attached hydrogen (secondary N) is 1. The van der Waals surface area contributed by atoms with Crippen molar-refractivity contribution in [3.05, 3.63) is 48.3 Å². The van der Waals surface area contributed by atoms with Crippen LogP contribution in [0.2, 0.25) is 0 Å². The van der Waals surface area contributed by atoms with E-state index >= 15 is 0 Å². The van der Waals surface area contributed by atoms with Crippen LogP contribution in [-0.4, -0.2) is 21.0 Å². The van der Waals surface area contributed by atoms with E-state index in [0.717, 1.165) is 10.2 Å². The van der Waals surface area contributed by atoms with Crippen LogP contribution in [-0.2, 0) is 0 Å². The molecule has 0 saturated heterocycles. The highest BCUT2D eigenvalue weighted by atomic mass is 32.1. The van der Waals surface area contributed by atoms with Crippen LogP contribution in [0.25, 0.3) is 10.2 Å². The Morgan fingerprint density at radius 1 is 1.26 bits per heavy atom. The summed E-state index contributed by atoms with van der Waals surface area (Å²) in [5.41, 5.74) is 1.50. The van der Waals surface area contributed by atoms with Crippen molar-refractivity contribution in [1.29, 1.82) is 0 Å². The average Bonchev–Trinajstić information content (AvgIpc) is 2.81. The molecule has 0 fully saturated rings. The molecule has 6 heteroatoms. The number of carboxylic acid groups (broad SMARTS) is 1. The quantitative estimate of drug-likeness (QED) is 0.765. The first-order chi connectivity index (χ1) is 9.24. The number of rotatable bonds is 3. The molecule has 5 nitrogen and oxygen atoms in total. The maximum Gasteiger partial charge on any atom is 0.337 e. The first kappa shape index (κ1) is 11.6. The van der Waals surface area contributed by atoms with Gasteiger partial charge >= 0.3 is 5.97 Å². The van der Waals surface area contributed by atoms with E-state index in [9.17, 15) is 4.79 Å². The van der Waals surface area contributed by atoms with Gasteiger partial charge in [0.2, 0.25) is 0 Å². The van der Waals surface area contributed by atoms with Crippen LogP contribution < -0.4 is 5.32 Å². The molecular formula is C13H9N3O2S. The van der Waals surface area contributed by atoms with Gasteiger partial charge in [0, 0.05) is 6.20 Å². The summed E-state index contributed by atoms with van der Waals surface area (Å²) < 4.78 is 1.05. The maximum absolute atomic E-state index is 11.1. The van der Waals surface area contributed by atoms with Crippen LogP contribution in [0.5, 0.6) is 0 Å². The molecule has 3 rings (SSSR count). The summed E-state index contributed by atoms with van der Waals surface area (Å²) in [7, 11) is 0. The molecule has 19 heavy (non-hydrogen) atoms. The number of carbonyl (C=O) groups is 1. The summed E-state index contributed by atoms with van der Waals surface area (Å²) >= 11 is 1.47. The molecule has 94 valence electrons. The molecular weight excluding hydrogens is 262 g/mol. The zero-order chi connectivity index (χ0) is 13.2. The van der Waals surface area contributed by atoms with Gasteiger partial charge in [0.15, 0.2) is 5.13 Å². The SMILES string of the molecule is O=C(O)c1ccncc1Nc1nc2ccccc2s1. The molecule has 2 aromatic heterocycles. The number of nitrogens with zero attached hydrogens (tertiary/aromatic N) is 2. The zero-order valence-corrected chi connectivity index (χ0v) is 10.5. The Labute approximate surface area is 112 Å². The second-order valence-electron chi connectivity index (χ2n) is 3.84. The van der Waals surface area contributed by atoms with Gasteiger partial charge in [0.05, 0.1) is 27.7 Å². The fraction of sp³-hybridized carbons (Fsp3) is 0. The number of fused-ring (bicyclic) bond motifs is 1. The van der Waals surface area contributed by atoms with Crippen molar-refractivity contribution in [2.45, 2.75) is 0 Å². The Balaban J connectivity index is 1.99. The summed E-state index contributed by atoms with van der Waals surface area (Å²) in [6.45, 7) is 0. The molecule has 0 atom stereocenters. The number of para-hydroxylation sites is 1. The Morgan fingerprint density at radius 3 is 2.89 bits per heavy atom. The van der Waals surface area contributed by atoms with E-state index in [2.05, 4.69) is 15.3 Å². The summed E-state index contributed by atoms with van der Waals surface area (Å²) in [5, 5.41) is 12.8. The van der Waals surface area contributed by atoms with Crippen LogP contribution in [0.4, 0.5) is 10.8 Å². The molecule has 0 aliphatic carbocycles. The Bertz CT molecular complexity index is 721. The predicted octanol–water partition coefficient (Wildman–Crippen LogP) is 3.13. The summed E-state index contributed by atoms with van der Waals surface area (Å²) in [6.07, 6.45) is 2.93. The van der Waals surface area contributed by atoms with Crippen molar-refractivity contribution in [1.82, 2.24) is 9.97 Å². The largest absolute Gasteiger partial charge is 0.478 e. The first-order valence-electron chi connectivity index (χ1n) is 5.54. The van der Waals surface area contributed by atoms with Gasteiger partial charge in [-0.2, -0.15) is 0 Å². The summed E-state index contributed by atoms with van der Waals surface area (Å²) in [5.74, 6) is -0.994. The topological polar surface area (TPSA) is 75.1 Å². The van der Waals surface area contributed by atoms with E-state index < -0.39 is 5.97 Å². The average molecular weight is 271 g/mol. The van der Waals surface area contributed by atoms with Crippen molar-refractivity contribution in [2.75, 3.05) is 5.32 Å². The minimum Gasteiger partial charge on any atom is -0.478 e. The Hall–Kier alpha value is -2.47. The lowest BCUT2D eigenvalue weighted by Gasteiger charge is -2.04. The number of hydrogen-bond donors (Lipinski definition) is 2. The second-order valence-corrected chi connectivity index (χ2v) is 4.87. The fourth-order valence-electron chi connectivity index (χ4n) is 1.72. The number of aromatic nitrogens is 2. The monoisotopic (exact) mass is 271 g/mol. The number of carboxylic acids is 1. The lowest BCUT2D eigenvalue weighted by Crippen LogP contribution is -2.02. The third-order valence-corrected chi connectivity index (χ3v) is 3.54. The van der Waals surface area contributed by atoms with Crippen LogP contribution in [0.3, 0.4) is 0 Å². The number of pyridine rings is 1. The van der Waals surface area contributed by atoms with Gasteiger partial charge in [-0.3, -0.25) is 4.98 Å². The van der Waals surface area contributed by atoms with Crippen molar-refractivity contribution >= 4 is 38.3 Å². The number of anilines is 2. The van der Waals surface area contributed by atoms with Crippen molar-refractivity contribution in [3.63, 3.8) is 0 Å². The van der Waals surface area contributed by atoms with E-state index in [4.69, 9.17) is 5.11 Å². The molecule has 2 heterocycles. The van der Waals surface area contributed by atoms with E-state index in [1.54, 1.807) is 0 Å². The molecule has 0 unspecified atom stereocenters. The Morgan fingerprint density at radius 2 is 2.11 bits per heavy atom. The maximum atomic E-state index is 11.1. The molecule has 2 N–H and O–H groups in total. The number of hydrogen-bond acceptors (Lipinski definition) is 5. The van der Waals surface area contributed by atoms with E-state index in [0.29, 0.717) is 10.8 Å². The van der Waals surface area contributed by atoms with E-state index in [1.807, 2.05) is 24.3 Å². The van der Waals surface area contributed by atoms with Gasteiger partial charge < -0.3 is 10.4 Å². The normalized spacial score (nSPS) is 10.5. The molecule has 0 aliphatic heterocycles. The molecule has 0 saturated carbocycles. The van der Waals surface area contributed by atoms with Crippen LogP contribution >= 0.6 is 11.3 Å². The van der Waals surface area contributed by atoms with Crippen molar-refractivity contribution < 1.29 is 9.90 Å². The minimum atomic E-state index is -0.994. The molecule has 0 amide bonds. The molecule has 0 radical (unpaired) electrons. The smallest absolute Gasteiger partial charge is 0.337 e. The highest BCUT2D eigenvalue weighted by Crippen LogP contribution is 2.28.